The Balaban J connectivity index is 1.57. The lowest BCUT2D eigenvalue weighted by atomic mass is 9.97. The lowest BCUT2D eigenvalue weighted by Gasteiger charge is -2.19. The predicted octanol–water partition coefficient (Wildman–Crippen LogP) is 3.67. The van der Waals surface area contributed by atoms with E-state index in [4.69, 9.17) is 5.14 Å². The van der Waals surface area contributed by atoms with Gasteiger partial charge in [0.25, 0.3) is 10.3 Å². The molecule has 0 saturated carbocycles. The van der Waals surface area contributed by atoms with Crippen LogP contribution in [0.15, 0.2) is 29.2 Å². The summed E-state index contributed by atoms with van der Waals surface area (Å²) in [7, 11) is -3.29. The quantitative estimate of drug-likeness (QED) is 0.559. The zero-order valence-corrected chi connectivity index (χ0v) is 18.6. The topological polar surface area (TPSA) is 104 Å². The number of nitrogens with two attached hydrogens (primary N) is 1. The minimum atomic E-state index is -3.29. The number of nitrogens with one attached hydrogen (secondary N) is 2. The van der Waals surface area contributed by atoms with Crippen LogP contribution in [0.5, 0.6) is 0 Å². The number of anilines is 1. The van der Waals surface area contributed by atoms with Crippen LogP contribution in [0.25, 0.3) is 0 Å². The van der Waals surface area contributed by atoms with E-state index in [-0.39, 0.29) is 0 Å². The molecule has 30 heavy (non-hydrogen) atoms. The van der Waals surface area contributed by atoms with Crippen LogP contribution in [0.4, 0.5) is 10.5 Å². The summed E-state index contributed by atoms with van der Waals surface area (Å²) >= 11 is 0. The number of rotatable bonds is 4. The number of hydrogen-bond acceptors (Lipinski definition) is 3. The Morgan fingerprint density at radius 1 is 1.07 bits per heavy atom. The lowest BCUT2D eigenvalue weighted by molar-refractivity contribution is 0.0784. The van der Waals surface area contributed by atoms with Crippen molar-refractivity contribution in [1.29, 1.82) is 0 Å². The zero-order chi connectivity index (χ0) is 21.7. The lowest BCUT2D eigenvalue weighted by Crippen LogP contribution is -2.45. The molecule has 2 amide bonds. The summed E-state index contributed by atoms with van der Waals surface area (Å²) in [5.41, 5.74) is 6.27. The highest BCUT2D eigenvalue weighted by Gasteiger charge is 2.34. The zero-order valence-electron chi connectivity index (χ0n) is 17.8. The highest BCUT2D eigenvalue weighted by Crippen LogP contribution is 2.38. The molecule has 1 atom stereocenters. The van der Waals surface area contributed by atoms with Crippen molar-refractivity contribution in [1.82, 2.24) is 4.72 Å². The van der Waals surface area contributed by atoms with E-state index in [0.29, 0.717) is 16.0 Å². The highest BCUT2D eigenvalue weighted by molar-refractivity contribution is 7.99. The summed E-state index contributed by atoms with van der Waals surface area (Å²) < 4.78 is 15.7. The molecule has 1 unspecified atom stereocenters. The molecule has 2 aliphatic carbocycles. The summed E-state index contributed by atoms with van der Waals surface area (Å²) in [6.07, 6.45) is 6.17. The van der Waals surface area contributed by atoms with Gasteiger partial charge < -0.3 is 10.4 Å². The Hall–Kier alpha value is -2.22. The molecule has 160 valence electrons. The molecule has 0 fully saturated rings. The largest absolute Gasteiger partial charge is 0.386 e. The average molecular weight is 429 g/mol. The number of aryl methyl sites for hydroxylation is 3. The van der Waals surface area contributed by atoms with E-state index >= 15 is 0 Å². The number of carbonyl (C=O) groups is 1. The van der Waals surface area contributed by atoms with Crippen LogP contribution < -0.4 is 15.2 Å². The van der Waals surface area contributed by atoms with Crippen LogP contribution in [-0.4, -0.2) is 11.1 Å². The Labute approximate surface area is 178 Å². The Bertz CT molecular complexity index is 1040. The second-order valence-electron chi connectivity index (χ2n) is 8.93. The maximum atomic E-state index is 13.2. The molecule has 0 heterocycles. The van der Waals surface area contributed by atoms with Crippen molar-refractivity contribution in [2.75, 3.05) is 5.32 Å². The van der Waals surface area contributed by atoms with Gasteiger partial charge in [0.1, 0.15) is 0 Å². The van der Waals surface area contributed by atoms with E-state index in [1.165, 1.54) is 22.3 Å². The second-order valence-corrected chi connectivity index (χ2v) is 10.8. The minimum Gasteiger partial charge on any atom is -0.386 e. The van der Waals surface area contributed by atoms with Gasteiger partial charge >= 0.3 is 6.03 Å². The molecular weight excluding hydrogens is 398 g/mol. The van der Waals surface area contributed by atoms with E-state index < -0.39 is 21.9 Å². The van der Waals surface area contributed by atoms with E-state index in [9.17, 15) is 14.1 Å². The van der Waals surface area contributed by atoms with Crippen LogP contribution in [0, 0.1) is 6.92 Å². The second kappa shape index (κ2) is 7.48. The standard InChI is InChI=1S/C23H29N3O3S/c1-14-12-17(23(2,3)28)10-11-20(14)30(24,29)26-22(27)25-21-18-8-4-6-15(18)13-16-7-5-9-19(16)21/h10-13,28H,4-9H2,1-3H3,(H3-,24,25,26,27,29)/p+1. The first-order valence-corrected chi connectivity index (χ1v) is 12.1. The van der Waals surface area contributed by atoms with Crippen molar-refractivity contribution in [2.45, 2.75) is 69.8 Å². The fraction of sp³-hybridized carbons (Fsp3) is 0.435. The van der Waals surface area contributed by atoms with Gasteiger partial charge in [-0.1, -0.05) is 12.1 Å². The highest BCUT2D eigenvalue weighted by atomic mass is 32.3. The van der Waals surface area contributed by atoms with Gasteiger partial charge in [-0.05, 0) is 103 Å². The van der Waals surface area contributed by atoms with Crippen LogP contribution in [0.3, 0.4) is 0 Å². The molecule has 4 rings (SSSR count). The normalized spacial score (nSPS) is 17.2. The average Bonchev–Trinajstić information content (AvgIpc) is 3.28. The molecule has 0 spiro atoms. The van der Waals surface area contributed by atoms with Crippen molar-refractivity contribution in [3.05, 3.63) is 57.6 Å². The maximum absolute atomic E-state index is 13.2. The Morgan fingerprint density at radius 3 is 2.20 bits per heavy atom. The SMILES string of the molecule is Cc1cc(C(C)(C)O)ccc1[S+](N)(=O)NC(=O)Nc1c2c(cc3c1CCC3)CCC2. The molecule has 2 aromatic rings. The molecule has 0 aliphatic heterocycles. The molecule has 2 aromatic carbocycles. The van der Waals surface area contributed by atoms with Gasteiger partial charge in [-0.2, -0.15) is 0 Å². The van der Waals surface area contributed by atoms with E-state index in [0.717, 1.165) is 44.2 Å². The van der Waals surface area contributed by atoms with E-state index in [2.05, 4.69) is 16.1 Å². The van der Waals surface area contributed by atoms with Crippen molar-refractivity contribution < 1.29 is 14.1 Å². The van der Waals surface area contributed by atoms with Crippen molar-refractivity contribution in [3.63, 3.8) is 0 Å². The minimum absolute atomic E-state index is 0.356. The number of aliphatic hydroxyl groups is 1. The van der Waals surface area contributed by atoms with Gasteiger partial charge in [-0.3, -0.25) is 0 Å². The third kappa shape index (κ3) is 3.89. The monoisotopic (exact) mass is 428 g/mol. The number of amides is 2. The summed E-state index contributed by atoms with van der Waals surface area (Å²) in [4.78, 5) is 13.2. The molecule has 0 aromatic heterocycles. The van der Waals surface area contributed by atoms with E-state index in [1.54, 1.807) is 39.0 Å². The van der Waals surface area contributed by atoms with Gasteiger partial charge in [0.05, 0.1) is 5.60 Å². The fourth-order valence-electron chi connectivity index (χ4n) is 4.67. The molecule has 7 heteroatoms. The summed E-state index contributed by atoms with van der Waals surface area (Å²) in [5.74, 6) is 0. The summed E-state index contributed by atoms with van der Waals surface area (Å²) in [6.45, 7) is 5.14. The molecule has 2 aliphatic rings. The van der Waals surface area contributed by atoms with E-state index in [1.807, 2.05) is 0 Å². The number of hydrogen-bond donors (Lipinski definition) is 4. The van der Waals surface area contributed by atoms with Gasteiger partial charge in [0.15, 0.2) is 0 Å². The number of fused-ring (bicyclic) bond motifs is 2. The first kappa shape index (κ1) is 21.0. The summed E-state index contributed by atoms with van der Waals surface area (Å²) in [6, 6.07) is 6.79. The molecule has 0 radical (unpaired) electrons. The molecular formula is C23H30N3O3S+. The maximum Gasteiger partial charge on any atom is 0.362 e. The number of carbonyl (C=O) groups excluding carboxylic acids is 1. The molecule has 6 nitrogen and oxygen atoms in total. The first-order valence-electron chi connectivity index (χ1n) is 10.5. The van der Waals surface area contributed by atoms with Crippen molar-refractivity contribution in [3.8, 4) is 0 Å². The predicted molar refractivity (Wildman–Crippen MR) is 120 cm³/mol. The first-order chi connectivity index (χ1) is 14.1. The summed E-state index contributed by atoms with van der Waals surface area (Å²) in [5, 5.41) is 19.2. The third-order valence-corrected chi connectivity index (χ3v) is 7.76. The molecule has 0 bridgehead atoms. The Morgan fingerprint density at radius 2 is 1.67 bits per heavy atom. The Kier molecular flexibility index (Phi) is 5.24. The van der Waals surface area contributed by atoms with Crippen molar-refractivity contribution >= 4 is 22.0 Å². The van der Waals surface area contributed by atoms with Crippen LogP contribution in [-0.2, 0) is 45.8 Å². The smallest absolute Gasteiger partial charge is 0.362 e. The molecule has 5 N–H and O–H groups in total. The number of urea groups is 1. The van der Waals surface area contributed by atoms with Crippen molar-refractivity contribution in [2.24, 2.45) is 5.14 Å². The molecule has 0 saturated heterocycles. The van der Waals surface area contributed by atoms with Gasteiger partial charge in [0.2, 0.25) is 4.90 Å². The number of benzene rings is 2. The van der Waals surface area contributed by atoms with Crippen LogP contribution in [0.1, 0.15) is 60.1 Å². The van der Waals surface area contributed by atoms with Gasteiger partial charge in [-0.25, -0.2) is 4.79 Å². The van der Waals surface area contributed by atoms with Gasteiger partial charge in [0, 0.05) is 11.3 Å². The van der Waals surface area contributed by atoms with Gasteiger partial charge in [-0.15, -0.1) is 9.86 Å². The van der Waals surface area contributed by atoms with Crippen LogP contribution >= 0.6 is 0 Å². The van der Waals surface area contributed by atoms with Crippen LogP contribution in [0.2, 0.25) is 0 Å². The third-order valence-electron chi connectivity index (χ3n) is 6.16. The fourth-order valence-corrected chi connectivity index (χ4v) is 5.91.